The van der Waals surface area contributed by atoms with Crippen LogP contribution in [0.3, 0.4) is 0 Å². The molecule has 0 saturated heterocycles. The van der Waals surface area contributed by atoms with Crippen LogP contribution in [0.25, 0.3) is 10.9 Å². The lowest BCUT2D eigenvalue weighted by Gasteiger charge is -2.18. The molecule has 0 fully saturated rings. The van der Waals surface area contributed by atoms with E-state index in [2.05, 4.69) is 11.1 Å². The molecule has 0 aliphatic heterocycles. The monoisotopic (exact) mass is 263 g/mol. The second-order valence-electron chi connectivity index (χ2n) is 4.72. The van der Waals surface area contributed by atoms with Gasteiger partial charge in [0.15, 0.2) is 6.29 Å². The highest BCUT2D eigenvalue weighted by Crippen LogP contribution is 2.28. The molecule has 0 aliphatic carbocycles. The molecule has 1 heterocycles. The Morgan fingerprint density at radius 3 is 2.89 bits per heavy atom. The van der Waals surface area contributed by atoms with E-state index in [-0.39, 0.29) is 13.0 Å². The lowest BCUT2D eigenvalue weighted by molar-refractivity contribution is -0.0334. The van der Waals surface area contributed by atoms with Crippen LogP contribution in [0, 0.1) is 6.07 Å². The van der Waals surface area contributed by atoms with E-state index in [4.69, 9.17) is 9.84 Å². The molecule has 0 amide bonds. The number of hydrogen-bond acceptors (Lipinski definition) is 4. The molecule has 5 heteroatoms. The van der Waals surface area contributed by atoms with Crippen LogP contribution in [0.2, 0.25) is 0 Å². The van der Waals surface area contributed by atoms with Gasteiger partial charge in [0.25, 0.3) is 0 Å². The van der Waals surface area contributed by atoms with E-state index in [9.17, 15) is 5.11 Å². The number of aromatic nitrogens is 1. The molecule has 0 bridgehead atoms. The summed E-state index contributed by atoms with van der Waals surface area (Å²) in [5.41, 5.74) is 1.93. The predicted molar refractivity (Wildman–Crippen MR) is 72.9 cm³/mol. The van der Waals surface area contributed by atoms with Crippen LogP contribution in [-0.2, 0) is 6.54 Å². The van der Waals surface area contributed by atoms with Crippen LogP contribution in [0.1, 0.15) is 12.0 Å². The molecule has 1 atom stereocenters. The highest BCUT2D eigenvalue weighted by Gasteiger charge is 2.14. The fourth-order valence-corrected chi connectivity index (χ4v) is 2.00. The van der Waals surface area contributed by atoms with Crippen molar-refractivity contribution in [2.24, 2.45) is 0 Å². The number of hydrogen-bond donors (Lipinski definition) is 3. The fraction of sp³-hybridized carbons (Fsp3) is 0.429. The van der Waals surface area contributed by atoms with E-state index in [0.717, 1.165) is 16.5 Å². The van der Waals surface area contributed by atoms with Crippen molar-refractivity contribution in [1.82, 2.24) is 9.88 Å². The summed E-state index contributed by atoms with van der Waals surface area (Å²) in [6.07, 6.45) is 0.955. The van der Waals surface area contributed by atoms with E-state index in [1.54, 1.807) is 6.20 Å². The van der Waals surface area contributed by atoms with E-state index in [1.165, 1.54) is 0 Å². The molecular formula is C14H19N2O3. The molecule has 0 saturated carbocycles. The summed E-state index contributed by atoms with van der Waals surface area (Å²) in [7, 11) is 3.94. The van der Waals surface area contributed by atoms with Gasteiger partial charge in [0.1, 0.15) is 5.75 Å². The number of aliphatic hydroxyl groups is 2. The Hall–Kier alpha value is -1.56. The third-order valence-corrected chi connectivity index (χ3v) is 2.83. The number of ether oxygens (including phenoxy) is 1. The molecule has 1 aromatic carbocycles. The van der Waals surface area contributed by atoms with E-state index in [0.29, 0.717) is 12.3 Å². The minimum atomic E-state index is -0.998. The highest BCUT2D eigenvalue weighted by atomic mass is 16.6. The number of rotatable bonds is 6. The van der Waals surface area contributed by atoms with Gasteiger partial charge in [0, 0.05) is 42.8 Å². The van der Waals surface area contributed by atoms with Gasteiger partial charge in [-0.2, -0.15) is 0 Å². The van der Waals surface area contributed by atoms with Crippen LogP contribution < -0.4 is 4.74 Å². The Kier molecular flexibility index (Phi) is 4.42. The lowest BCUT2D eigenvalue weighted by atomic mass is 10.1. The number of aliphatic hydroxyl groups excluding tert-OH is 2. The first-order chi connectivity index (χ1) is 9.11. The molecule has 2 rings (SSSR count). The van der Waals surface area contributed by atoms with Crippen molar-refractivity contribution in [2.75, 3.05) is 20.7 Å². The van der Waals surface area contributed by atoms with Gasteiger partial charge in [-0.25, -0.2) is 0 Å². The summed E-state index contributed by atoms with van der Waals surface area (Å²) in [5.74, 6) is 0.623. The average molecular weight is 263 g/mol. The van der Waals surface area contributed by atoms with Gasteiger partial charge in [-0.15, -0.1) is 0 Å². The second-order valence-corrected chi connectivity index (χ2v) is 4.72. The third-order valence-electron chi connectivity index (χ3n) is 2.83. The topological polar surface area (TPSA) is 68.7 Å². The zero-order chi connectivity index (χ0) is 13.8. The smallest absolute Gasteiger partial charge is 0.199 e. The quantitative estimate of drug-likeness (QED) is 0.683. The van der Waals surface area contributed by atoms with Crippen molar-refractivity contribution in [1.29, 1.82) is 0 Å². The number of benzene rings is 1. The highest BCUT2D eigenvalue weighted by molar-refractivity contribution is 5.84. The molecule has 1 aromatic heterocycles. The molecule has 2 aromatic rings. The van der Waals surface area contributed by atoms with Gasteiger partial charge in [-0.1, -0.05) is 0 Å². The maximum absolute atomic E-state index is 9.67. The van der Waals surface area contributed by atoms with Crippen molar-refractivity contribution < 1.29 is 14.9 Å². The lowest BCUT2D eigenvalue weighted by Crippen LogP contribution is -2.19. The number of nitrogens with zero attached hydrogens (tertiary/aromatic N) is 1. The van der Waals surface area contributed by atoms with Crippen molar-refractivity contribution in [3.63, 3.8) is 0 Å². The Morgan fingerprint density at radius 1 is 1.42 bits per heavy atom. The zero-order valence-electron chi connectivity index (χ0n) is 11.2. The molecule has 0 aliphatic rings. The fourth-order valence-electron chi connectivity index (χ4n) is 2.00. The van der Waals surface area contributed by atoms with Crippen LogP contribution in [0.4, 0.5) is 0 Å². The normalized spacial score (nSPS) is 13.1. The first kappa shape index (κ1) is 13.9. The second kappa shape index (κ2) is 6.06. The minimum Gasteiger partial charge on any atom is -0.465 e. The largest absolute Gasteiger partial charge is 0.465 e. The Labute approximate surface area is 112 Å². The Morgan fingerprint density at radius 2 is 2.21 bits per heavy atom. The molecule has 19 heavy (non-hydrogen) atoms. The van der Waals surface area contributed by atoms with E-state index >= 15 is 0 Å². The first-order valence-corrected chi connectivity index (χ1v) is 6.22. The maximum atomic E-state index is 9.67. The molecule has 3 N–H and O–H groups in total. The molecule has 5 nitrogen and oxygen atoms in total. The van der Waals surface area contributed by atoms with Gasteiger partial charge < -0.3 is 24.8 Å². The number of aromatic amines is 1. The molecule has 103 valence electrons. The molecule has 1 unspecified atom stereocenters. The van der Waals surface area contributed by atoms with Crippen molar-refractivity contribution in [2.45, 2.75) is 19.3 Å². The van der Waals surface area contributed by atoms with E-state index < -0.39 is 6.29 Å². The van der Waals surface area contributed by atoms with Crippen LogP contribution in [-0.4, -0.2) is 47.1 Å². The summed E-state index contributed by atoms with van der Waals surface area (Å²) in [6.45, 7) is 0.579. The molecular weight excluding hydrogens is 244 g/mol. The minimum absolute atomic E-state index is 0.108. The van der Waals surface area contributed by atoms with Crippen LogP contribution in [0.15, 0.2) is 18.3 Å². The third kappa shape index (κ3) is 3.26. The average Bonchev–Trinajstić information content (AvgIpc) is 2.80. The first-order valence-electron chi connectivity index (χ1n) is 6.22. The zero-order valence-corrected chi connectivity index (χ0v) is 11.2. The summed E-state index contributed by atoms with van der Waals surface area (Å²) in [6, 6.07) is 6.83. The van der Waals surface area contributed by atoms with Gasteiger partial charge in [0.05, 0.1) is 5.52 Å². The van der Waals surface area contributed by atoms with Gasteiger partial charge in [0.2, 0.25) is 0 Å². The van der Waals surface area contributed by atoms with Gasteiger partial charge in [-0.3, -0.25) is 0 Å². The standard InChI is InChI=1S/C14H19N2O3/c1-16(2)9-11-12(19-13(18)6-8-17)4-3-10-5-7-15-14(10)11/h3-4,7,13,15,17-18H,6,8-9H2,1-2H3. The van der Waals surface area contributed by atoms with Crippen molar-refractivity contribution in [3.05, 3.63) is 30.0 Å². The summed E-state index contributed by atoms with van der Waals surface area (Å²) >= 11 is 0. The summed E-state index contributed by atoms with van der Waals surface area (Å²) in [4.78, 5) is 5.17. The number of fused-ring (bicyclic) bond motifs is 1. The number of H-pyrrole nitrogens is 1. The van der Waals surface area contributed by atoms with Gasteiger partial charge >= 0.3 is 0 Å². The van der Waals surface area contributed by atoms with Crippen LogP contribution >= 0.6 is 0 Å². The summed E-state index contributed by atoms with van der Waals surface area (Å²) < 4.78 is 5.50. The summed E-state index contributed by atoms with van der Waals surface area (Å²) in [5, 5.41) is 19.5. The predicted octanol–water partition coefficient (Wildman–Crippen LogP) is 1.11. The van der Waals surface area contributed by atoms with E-state index in [1.807, 2.05) is 31.1 Å². The van der Waals surface area contributed by atoms with Gasteiger partial charge in [-0.05, 0) is 26.2 Å². The van der Waals surface area contributed by atoms with Crippen molar-refractivity contribution >= 4 is 10.9 Å². The maximum Gasteiger partial charge on any atom is 0.199 e. The molecule has 1 radical (unpaired) electrons. The number of nitrogens with one attached hydrogen (secondary N) is 1. The van der Waals surface area contributed by atoms with Crippen molar-refractivity contribution in [3.8, 4) is 5.75 Å². The SMILES string of the molecule is CN(C)Cc1c(OC(O)CCO)ccc2[c]c[nH]c12. The Balaban J connectivity index is 2.35. The van der Waals surface area contributed by atoms with Crippen LogP contribution in [0.5, 0.6) is 5.75 Å². The molecule has 0 spiro atoms. The Bertz CT molecular complexity index is 536.